The molecule has 1 unspecified atom stereocenters. The van der Waals surface area contributed by atoms with E-state index in [-0.39, 0.29) is 39.6 Å². The van der Waals surface area contributed by atoms with Gasteiger partial charge in [-0.15, -0.1) is 0 Å². The number of carbonyl (C=O) groups is 4. The Morgan fingerprint density at radius 1 is 1.11 bits per heavy atom. The Labute approximate surface area is 256 Å². The number of fused-ring (bicyclic) bond motifs is 3. The fourth-order valence-electron chi connectivity index (χ4n) is 5.60. The minimum Gasteiger partial charge on any atom is -0.456 e. The molecular weight excluding hydrogens is 593 g/mol. The Kier molecular flexibility index (Phi) is 7.75. The molecule has 6 rings (SSSR count). The first-order chi connectivity index (χ1) is 21.1. The van der Waals surface area contributed by atoms with Crippen molar-refractivity contribution in [1.29, 1.82) is 0 Å². The Morgan fingerprint density at radius 2 is 1.84 bits per heavy atom. The van der Waals surface area contributed by atoms with E-state index in [4.69, 9.17) is 16.3 Å². The van der Waals surface area contributed by atoms with E-state index in [0.29, 0.717) is 17.7 Å². The zero-order chi connectivity index (χ0) is 31.2. The second-order valence-electron chi connectivity index (χ2n) is 11.6. The number of esters is 1. The number of ketones is 1. The molecule has 44 heavy (non-hydrogen) atoms. The van der Waals surface area contributed by atoms with Gasteiger partial charge in [0, 0.05) is 40.2 Å². The summed E-state index contributed by atoms with van der Waals surface area (Å²) in [4.78, 5) is 64.6. The maximum atomic E-state index is 15.5. The normalized spacial score (nSPS) is 16.8. The van der Waals surface area contributed by atoms with Crippen LogP contribution in [-0.2, 0) is 20.7 Å². The molecule has 2 amide bonds. The average molecular weight is 622 g/mol. The zero-order valence-electron chi connectivity index (χ0n) is 23.8. The maximum absolute atomic E-state index is 15.5. The van der Waals surface area contributed by atoms with Crippen molar-refractivity contribution in [1.82, 2.24) is 9.88 Å². The molecule has 228 valence electrons. The van der Waals surface area contributed by atoms with Crippen LogP contribution in [0.25, 0.3) is 11.1 Å². The van der Waals surface area contributed by atoms with Crippen LogP contribution >= 0.6 is 11.6 Å². The van der Waals surface area contributed by atoms with Gasteiger partial charge in [0.25, 0.3) is 11.5 Å². The maximum Gasteiger partial charge on any atom is 0.411 e. The number of ether oxygens (including phenoxy) is 2. The van der Waals surface area contributed by atoms with E-state index < -0.39 is 53.3 Å². The van der Waals surface area contributed by atoms with Crippen LogP contribution in [0.15, 0.2) is 53.5 Å². The molecule has 2 fully saturated rings. The molecule has 1 aliphatic heterocycles. The molecule has 2 aliphatic carbocycles. The summed E-state index contributed by atoms with van der Waals surface area (Å²) in [7, 11) is 1.23. The van der Waals surface area contributed by atoms with Gasteiger partial charge in [-0.3, -0.25) is 19.7 Å². The molecule has 2 heterocycles. The van der Waals surface area contributed by atoms with Crippen molar-refractivity contribution < 1.29 is 33.0 Å². The highest BCUT2D eigenvalue weighted by Gasteiger charge is 2.46. The molecule has 0 saturated heterocycles. The first kappa shape index (κ1) is 29.6. The second kappa shape index (κ2) is 11.5. The largest absolute Gasteiger partial charge is 0.456 e. The molecule has 2 aromatic carbocycles. The number of Topliss-reactive ketones (excluding diaryl/α,β-unsaturated/α-hetero) is 1. The van der Waals surface area contributed by atoms with Crippen LogP contribution in [0.4, 0.5) is 14.9 Å². The van der Waals surface area contributed by atoms with Gasteiger partial charge in [0.05, 0.1) is 17.7 Å². The SMILES string of the molecule is COC(=O)Nc1ccc(C(=O)COC(=O)C(CC2CC2)n2cc3c(cc2=O)-c2c(ccc(Cl)c2F)CC2(CC2)NC3=O)cc1. The van der Waals surface area contributed by atoms with E-state index in [1.807, 2.05) is 0 Å². The van der Waals surface area contributed by atoms with Gasteiger partial charge in [-0.25, -0.2) is 14.0 Å². The molecule has 2 saturated carbocycles. The van der Waals surface area contributed by atoms with Crippen molar-refractivity contribution in [3.05, 3.63) is 86.5 Å². The Hall–Kier alpha value is -4.51. The summed E-state index contributed by atoms with van der Waals surface area (Å²) in [5, 5.41) is 5.39. The molecule has 12 heteroatoms. The quantitative estimate of drug-likeness (QED) is 0.265. The summed E-state index contributed by atoms with van der Waals surface area (Å²) in [6.07, 6.45) is 4.51. The van der Waals surface area contributed by atoms with Crippen molar-refractivity contribution in [3.63, 3.8) is 0 Å². The summed E-state index contributed by atoms with van der Waals surface area (Å²) in [5.74, 6) is -2.30. The number of carbonyl (C=O) groups excluding carboxylic acids is 4. The van der Waals surface area contributed by atoms with Crippen LogP contribution in [0.5, 0.6) is 0 Å². The van der Waals surface area contributed by atoms with Gasteiger partial charge in [-0.2, -0.15) is 0 Å². The third kappa shape index (κ3) is 5.96. The van der Waals surface area contributed by atoms with Gasteiger partial charge in [0.15, 0.2) is 12.4 Å². The number of methoxy groups -OCH3 is 1. The van der Waals surface area contributed by atoms with Gasteiger partial charge in [0.2, 0.25) is 0 Å². The molecule has 1 spiro atoms. The van der Waals surface area contributed by atoms with Gasteiger partial charge >= 0.3 is 12.1 Å². The van der Waals surface area contributed by atoms with Crippen molar-refractivity contribution in [2.24, 2.45) is 5.92 Å². The molecule has 2 N–H and O–H groups in total. The fraction of sp³-hybridized carbons (Fsp3) is 0.344. The van der Waals surface area contributed by atoms with E-state index in [2.05, 4.69) is 15.4 Å². The van der Waals surface area contributed by atoms with Crippen molar-refractivity contribution >= 4 is 41.0 Å². The zero-order valence-corrected chi connectivity index (χ0v) is 24.5. The van der Waals surface area contributed by atoms with Crippen LogP contribution in [0, 0.1) is 11.7 Å². The van der Waals surface area contributed by atoms with E-state index in [1.165, 1.54) is 49.7 Å². The summed E-state index contributed by atoms with van der Waals surface area (Å²) in [6, 6.07) is 9.19. The second-order valence-corrected chi connectivity index (χ2v) is 12.0. The van der Waals surface area contributed by atoms with E-state index >= 15 is 4.39 Å². The molecule has 0 bridgehead atoms. The van der Waals surface area contributed by atoms with Gasteiger partial charge in [0.1, 0.15) is 11.9 Å². The lowest BCUT2D eigenvalue weighted by molar-refractivity contribution is -0.147. The Bertz CT molecular complexity index is 1750. The average Bonchev–Trinajstić information content (AvgIpc) is 3.94. The number of aromatic nitrogens is 1. The van der Waals surface area contributed by atoms with Crippen molar-refractivity contribution in [3.8, 4) is 11.1 Å². The minimum absolute atomic E-state index is 0.0447. The highest BCUT2D eigenvalue weighted by molar-refractivity contribution is 6.31. The predicted octanol–water partition coefficient (Wildman–Crippen LogP) is 5.07. The Morgan fingerprint density at radius 3 is 2.50 bits per heavy atom. The number of hydrogen-bond acceptors (Lipinski definition) is 7. The standard InChI is InChI=1S/C32H29ClFN3O7/c1-43-31(42)35-20-7-4-18(5-8-20)25(38)16-44-30(41)24(12-17-2-3-17)37-15-22-21(13-26(37)39)27-19(6-9-23(33)28(27)34)14-32(10-11-32)36-29(22)40/h4-9,13,15,17,24H,2-3,10-12,14,16H2,1H3,(H,35,42)(H,36,40). The minimum atomic E-state index is -1.10. The summed E-state index contributed by atoms with van der Waals surface area (Å²) in [6.45, 7) is -0.580. The highest BCUT2D eigenvalue weighted by Crippen LogP contribution is 2.45. The van der Waals surface area contributed by atoms with Crippen molar-refractivity contribution in [2.75, 3.05) is 19.0 Å². The first-order valence-electron chi connectivity index (χ1n) is 14.3. The number of hydrogen-bond donors (Lipinski definition) is 2. The predicted molar refractivity (Wildman–Crippen MR) is 158 cm³/mol. The number of halogens is 2. The summed E-state index contributed by atoms with van der Waals surface area (Å²) in [5.41, 5.74) is 0.417. The van der Waals surface area contributed by atoms with Gasteiger partial charge < -0.3 is 19.4 Å². The monoisotopic (exact) mass is 621 g/mol. The number of anilines is 1. The van der Waals surface area contributed by atoms with Crippen LogP contribution in [0.1, 0.15) is 64.4 Å². The number of amides is 2. The molecule has 10 nitrogen and oxygen atoms in total. The highest BCUT2D eigenvalue weighted by atomic mass is 35.5. The van der Waals surface area contributed by atoms with Gasteiger partial charge in [-0.05, 0) is 67.5 Å². The van der Waals surface area contributed by atoms with Crippen LogP contribution in [0.2, 0.25) is 5.02 Å². The topological polar surface area (TPSA) is 133 Å². The molecule has 3 aromatic rings. The molecule has 0 radical (unpaired) electrons. The van der Waals surface area contributed by atoms with E-state index in [9.17, 15) is 24.0 Å². The van der Waals surface area contributed by atoms with E-state index in [0.717, 1.165) is 30.3 Å². The van der Waals surface area contributed by atoms with E-state index in [1.54, 1.807) is 6.07 Å². The fourth-order valence-corrected chi connectivity index (χ4v) is 5.75. The number of rotatable bonds is 8. The Balaban J connectivity index is 1.28. The number of pyridine rings is 1. The molecular formula is C32H29ClFN3O7. The summed E-state index contributed by atoms with van der Waals surface area (Å²) >= 11 is 6.13. The smallest absolute Gasteiger partial charge is 0.411 e. The number of nitrogens with one attached hydrogen (secondary N) is 2. The molecule has 1 aromatic heterocycles. The molecule has 3 aliphatic rings. The lowest BCUT2D eigenvalue weighted by Crippen LogP contribution is -2.41. The first-order valence-corrected chi connectivity index (χ1v) is 14.7. The molecule has 1 atom stereocenters. The number of nitrogens with zero attached hydrogens (tertiary/aromatic N) is 1. The summed E-state index contributed by atoms with van der Waals surface area (Å²) < 4.78 is 26.6. The lowest BCUT2D eigenvalue weighted by Gasteiger charge is -2.26. The van der Waals surface area contributed by atoms with Crippen LogP contribution < -0.4 is 16.2 Å². The van der Waals surface area contributed by atoms with Crippen molar-refractivity contribution in [2.45, 2.75) is 50.1 Å². The number of benzene rings is 2. The van der Waals surface area contributed by atoms with Crippen LogP contribution in [-0.4, -0.2) is 47.6 Å². The third-order valence-corrected chi connectivity index (χ3v) is 8.67. The third-order valence-electron chi connectivity index (χ3n) is 8.38. The van der Waals surface area contributed by atoms with Crippen LogP contribution in [0.3, 0.4) is 0 Å². The van der Waals surface area contributed by atoms with Gasteiger partial charge in [-0.1, -0.05) is 30.5 Å². The lowest BCUT2D eigenvalue weighted by atomic mass is 9.89.